The molecule has 0 aliphatic heterocycles. The van der Waals surface area contributed by atoms with Crippen molar-refractivity contribution in [3.05, 3.63) is 22.4 Å². The molecule has 0 amide bonds. The molecule has 1 atom stereocenters. The van der Waals surface area contributed by atoms with Crippen LogP contribution < -0.4 is 5.32 Å². The Morgan fingerprint density at radius 1 is 1.00 bits per heavy atom. The van der Waals surface area contributed by atoms with Crippen molar-refractivity contribution < 1.29 is 0 Å². The zero-order valence-corrected chi connectivity index (χ0v) is 14.5. The van der Waals surface area contributed by atoms with E-state index in [4.69, 9.17) is 0 Å². The fourth-order valence-electron chi connectivity index (χ4n) is 2.77. The largest absolute Gasteiger partial charge is 0.306 e. The smallest absolute Gasteiger partial charge is 0.0414 e. The predicted molar refractivity (Wildman–Crippen MR) is 92.6 cm³/mol. The summed E-state index contributed by atoms with van der Waals surface area (Å²) < 4.78 is 0. The van der Waals surface area contributed by atoms with Crippen molar-refractivity contribution in [2.45, 2.75) is 90.6 Å². The molecule has 2 heteroatoms. The van der Waals surface area contributed by atoms with Gasteiger partial charge in [0.1, 0.15) is 0 Å². The summed E-state index contributed by atoms with van der Waals surface area (Å²) in [6.45, 7) is 6.88. The van der Waals surface area contributed by atoms with E-state index in [1.54, 1.807) is 0 Å². The van der Waals surface area contributed by atoms with Crippen LogP contribution in [0.2, 0.25) is 0 Å². The number of hydrogen-bond donors (Lipinski definition) is 1. The van der Waals surface area contributed by atoms with Gasteiger partial charge >= 0.3 is 0 Å². The molecule has 1 rings (SSSR count). The summed E-state index contributed by atoms with van der Waals surface area (Å²) in [6, 6.07) is 5.72. The molecular formula is C18H33NS. The van der Waals surface area contributed by atoms with Crippen LogP contribution in [0, 0.1) is 0 Å². The van der Waals surface area contributed by atoms with Crippen LogP contribution in [-0.2, 0) is 0 Å². The van der Waals surface area contributed by atoms with Crippen LogP contribution in [0.25, 0.3) is 0 Å². The van der Waals surface area contributed by atoms with Gasteiger partial charge in [-0.1, -0.05) is 65.4 Å². The summed E-state index contributed by atoms with van der Waals surface area (Å²) in [5.41, 5.74) is 0. The second-order valence-corrected chi connectivity index (χ2v) is 6.81. The molecule has 0 bridgehead atoms. The van der Waals surface area contributed by atoms with Crippen molar-refractivity contribution in [1.82, 2.24) is 5.32 Å². The van der Waals surface area contributed by atoms with E-state index in [1.807, 2.05) is 11.3 Å². The fourth-order valence-corrected chi connectivity index (χ4v) is 3.64. The maximum Gasteiger partial charge on any atom is 0.0414 e. The molecule has 0 aromatic carbocycles. The van der Waals surface area contributed by atoms with Crippen LogP contribution in [0.15, 0.2) is 17.5 Å². The first-order valence-electron chi connectivity index (χ1n) is 8.61. The van der Waals surface area contributed by atoms with E-state index in [0.717, 1.165) is 0 Å². The van der Waals surface area contributed by atoms with Gasteiger partial charge < -0.3 is 5.32 Å². The molecule has 116 valence electrons. The Kier molecular flexibility index (Phi) is 10.0. The lowest BCUT2D eigenvalue weighted by molar-refractivity contribution is 0.370. The third kappa shape index (κ3) is 6.90. The summed E-state index contributed by atoms with van der Waals surface area (Å²) >= 11 is 1.89. The van der Waals surface area contributed by atoms with Crippen LogP contribution in [0.3, 0.4) is 0 Å². The minimum absolute atomic E-state index is 0.559. The van der Waals surface area contributed by atoms with Gasteiger partial charge in [0.25, 0.3) is 0 Å². The molecule has 0 saturated carbocycles. The minimum Gasteiger partial charge on any atom is -0.306 e. The number of unbranched alkanes of at least 4 members (excludes halogenated alkanes) is 4. The van der Waals surface area contributed by atoms with Gasteiger partial charge in [0.05, 0.1) is 0 Å². The molecule has 1 aromatic rings. The highest BCUT2D eigenvalue weighted by Gasteiger charge is 2.15. The normalized spacial score (nSPS) is 13.0. The first kappa shape index (κ1) is 17.7. The van der Waals surface area contributed by atoms with E-state index in [1.165, 1.54) is 62.7 Å². The van der Waals surface area contributed by atoms with Gasteiger partial charge in [-0.15, -0.1) is 11.3 Å². The third-order valence-electron chi connectivity index (χ3n) is 4.04. The molecule has 1 heterocycles. The lowest BCUT2D eigenvalue weighted by atomic mass is 10.00. The van der Waals surface area contributed by atoms with Crippen LogP contribution >= 0.6 is 11.3 Å². The average Bonchev–Trinajstić information content (AvgIpc) is 2.98. The molecule has 1 unspecified atom stereocenters. The molecule has 0 aliphatic rings. The molecule has 0 fully saturated rings. The SMILES string of the molecule is CCCCCC(CCCCC)NC(CC)c1cccs1. The van der Waals surface area contributed by atoms with E-state index in [9.17, 15) is 0 Å². The number of hydrogen-bond acceptors (Lipinski definition) is 2. The van der Waals surface area contributed by atoms with E-state index in [0.29, 0.717) is 12.1 Å². The van der Waals surface area contributed by atoms with Gasteiger partial charge in [0.15, 0.2) is 0 Å². The summed E-state index contributed by atoms with van der Waals surface area (Å²) in [6.07, 6.45) is 12.0. The lowest BCUT2D eigenvalue weighted by Gasteiger charge is -2.25. The van der Waals surface area contributed by atoms with Crippen molar-refractivity contribution >= 4 is 11.3 Å². The van der Waals surface area contributed by atoms with Crippen molar-refractivity contribution in [1.29, 1.82) is 0 Å². The van der Waals surface area contributed by atoms with Crippen molar-refractivity contribution in [3.8, 4) is 0 Å². The Morgan fingerprint density at radius 2 is 1.65 bits per heavy atom. The van der Waals surface area contributed by atoms with Gasteiger partial charge in [0, 0.05) is 17.0 Å². The standard InChI is InChI=1S/C18H33NS/c1-4-7-9-12-16(13-10-8-5-2)19-17(6-3)18-14-11-15-20-18/h11,14-17,19H,4-10,12-13H2,1-3H3. The highest BCUT2D eigenvalue weighted by Crippen LogP contribution is 2.24. The topological polar surface area (TPSA) is 12.0 Å². The van der Waals surface area contributed by atoms with E-state index in [2.05, 4.69) is 43.6 Å². The molecule has 0 radical (unpaired) electrons. The van der Waals surface area contributed by atoms with Crippen molar-refractivity contribution in [2.24, 2.45) is 0 Å². The quantitative estimate of drug-likeness (QED) is 0.445. The Balaban J connectivity index is 2.47. The second kappa shape index (κ2) is 11.3. The maximum absolute atomic E-state index is 3.93. The van der Waals surface area contributed by atoms with E-state index < -0.39 is 0 Å². The summed E-state index contributed by atoms with van der Waals surface area (Å²) in [7, 11) is 0. The second-order valence-electron chi connectivity index (χ2n) is 5.83. The number of nitrogens with one attached hydrogen (secondary N) is 1. The minimum atomic E-state index is 0.559. The van der Waals surface area contributed by atoms with Gasteiger partial charge in [-0.25, -0.2) is 0 Å². The highest BCUT2D eigenvalue weighted by molar-refractivity contribution is 7.10. The molecule has 1 nitrogen and oxygen atoms in total. The Labute approximate surface area is 130 Å². The monoisotopic (exact) mass is 295 g/mol. The number of rotatable bonds is 12. The maximum atomic E-state index is 3.93. The average molecular weight is 296 g/mol. The number of thiophene rings is 1. The molecule has 1 aromatic heterocycles. The molecule has 0 aliphatic carbocycles. The fraction of sp³-hybridized carbons (Fsp3) is 0.778. The summed E-state index contributed by atoms with van der Waals surface area (Å²) in [4.78, 5) is 1.50. The summed E-state index contributed by atoms with van der Waals surface area (Å²) in [5, 5.41) is 6.13. The Hall–Kier alpha value is -0.340. The van der Waals surface area contributed by atoms with Gasteiger partial charge in [-0.05, 0) is 30.7 Å². The third-order valence-corrected chi connectivity index (χ3v) is 5.03. The predicted octanol–water partition coefficient (Wildman–Crippen LogP) is 6.32. The molecule has 20 heavy (non-hydrogen) atoms. The molecule has 0 spiro atoms. The van der Waals surface area contributed by atoms with Crippen LogP contribution in [0.1, 0.15) is 89.5 Å². The zero-order chi connectivity index (χ0) is 14.6. The van der Waals surface area contributed by atoms with Crippen LogP contribution in [0.5, 0.6) is 0 Å². The van der Waals surface area contributed by atoms with E-state index >= 15 is 0 Å². The van der Waals surface area contributed by atoms with Crippen molar-refractivity contribution in [2.75, 3.05) is 0 Å². The Morgan fingerprint density at radius 3 is 2.10 bits per heavy atom. The van der Waals surface area contributed by atoms with Crippen molar-refractivity contribution in [3.63, 3.8) is 0 Å². The van der Waals surface area contributed by atoms with Crippen LogP contribution in [-0.4, -0.2) is 6.04 Å². The molecule has 0 saturated heterocycles. The summed E-state index contributed by atoms with van der Waals surface area (Å²) in [5.74, 6) is 0. The molecular weight excluding hydrogens is 262 g/mol. The van der Waals surface area contributed by atoms with Gasteiger partial charge in [-0.3, -0.25) is 0 Å². The van der Waals surface area contributed by atoms with E-state index in [-0.39, 0.29) is 0 Å². The van der Waals surface area contributed by atoms with Gasteiger partial charge in [-0.2, -0.15) is 0 Å². The zero-order valence-electron chi connectivity index (χ0n) is 13.7. The lowest BCUT2D eigenvalue weighted by Crippen LogP contribution is -2.32. The Bertz CT molecular complexity index is 297. The molecule has 1 N–H and O–H groups in total. The first-order valence-corrected chi connectivity index (χ1v) is 9.49. The van der Waals surface area contributed by atoms with Crippen LogP contribution in [0.4, 0.5) is 0 Å². The highest BCUT2D eigenvalue weighted by atomic mass is 32.1. The first-order chi connectivity index (χ1) is 9.81. The van der Waals surface area contributed by atoms with Gasteiger partial charge in [0.2, 0.25) is 0 Å².